The maximum Gasteiger partial charge on any atom is 0.218 e. The lowest BCUT2D eigenvalue weighted by Gasteiger charge is -2.08. The standard InChI is InChI=1S/C19H17N2O3P/c1-24-14-6-9-17-16(11-14)19-18(3-2-10-20-19)21(17)12-13-4-7-15(8-5-13)25(22)23/h2-11,25H,12H2,1H3,(H,22,23). The first-order valence-corrected chi connectivity index (χ1v) is 9.26. The number of rotatable bonds is 4. The summed E-state index contributed by atoms with van der Waals surface area (Å²) >= 11 is 0. The van der Waals surface area contributed by atoms with Gasteiger partial charge in [-0.15, -0.1) is 0 Å². The third kappa shape index (κ3) is 2.82. The molecular weight excluding hydrogens is 335 g/mol. The lowest BCUT2D eigenvalue weighted by Crippen LogP contribution is -2.02. The number of aromatic nitrogens is 2. The molecule has 0 bridgehead atoms. The molecule has 0 aliphatic carbocycles. The van der Waals surface area contributed by atoms with Gasteiger partial charge in [0.1, 0.15) is 5.75 Å². The average Bonchev–Trinajstić information content (AvgIpc) is 2.95. The zero-order valence-electron chi connectivity index (χ0n) is 13.6. The van der Waals surface area contributed by atoms with Crippen molar-refractivity contribution in [2.75, 3.05) is 7.11 Å². The Balaban J connectivity index is 1.86. The van der Waals surface area contributed by atoms with Gasteiger partial charge in [-0.2, -0.15) is 0 Å². The number of nitrogens with zero attached hydrogens (tertiary/aromatic N) is 2. The molecule has 0 amide bonds. The van der Waals surface area contributed by atoms with Crippen LogP contribution in [0.4, 0.5) is 0 Å². The van der Waals surface area contributed by atoms with Gasteiger partial charge in [-0.25, -0.2) is 0 Å². The average molecular weight is 352 g/mol. The predicted molar refractivity (Wildman–Crippen MR) is 100 cm³/mol. The van der Waals surface area contributed by atoms with Crippen LogP contribution in [0.25, 0.3) is 21.9 Å². The van der Waals surface area contributed by atoms with E-state index in [-0.39, 0.29) is 0 Å². The Bertz CT molecular complexity index is 1090. The Morgan fingerprint density at radius 2 is 1.92 bits per heavy atom. The number of benzene rings is 2. The summed E-state index contributed by atoms with van der Waals surface area (Å²) in [5, 5.41) is 1.52. The Hall–Kier alpha value is -2.62. The van der Waals surface area contributed by atoms with Crippen molar-refractivity contribution in [3.8, 4) is 5.75 Å². The molecule has 6 heteroatoms. The number of methoxy groups -OCH3 is 1. The SMILES string of the molecule is COc1ccc2c(c1)c1ncccc1n2Cc1ccc([PH](=O)O)cc1. The number of pyridine rings is 1. The van der Waals surface area contributed by atoms with Crippen LogP contribution in [0.5, 0.6) is 5.75 Å². The number of fused-ring (bicyclic) bond motifs is 3. The van der Waals surface area contributed by atoms with Crippen LogP contribution in [0.3, 0.4) is 0 Å². The van der Waals surface area contributed by atoms with E-state index in [9.17, 15) is 9.46 Å². The Kier molecular flexibility index (Phi) is 4.04. The highest BCUT2D eigenvalue weighted by Gasteiger charge is 2.12. The molecule has 25 heavy (non-hydrogen) atoms. The summed E-state index contributed by atoms with van der Waals surface area (Å²) in [6.45, 7) is 0.657. The Morgan fingerprint density at radius 3 is 2.64 bits per heavy atom. The van der Waals surface area contributed by atoms with E-state index >= 15 is 0 Å². The van der Waals surface area contributed by atoms with E-state index in [4.69, 9.17) is 4.74 Å². The highest BCUT2D eigenvalue weighted by atomic mass is 31.1. The first-order chi connectivity index (χ1) is 12.2. The van der Waals surface area contributed by atoms with Crippen LogP contribution in [0.15, 0.2) is 60.8 Å². The van der Waals surface area contributed by atoms with E-state index in [1.165, 1.54) is 0 Å². The molecule has 4 rings (SSSR count). The van der Waals surface area contributed by atoms with E-state index < -0.39 is 8.03 Å². The van der Waals surface area contributed by atoms with Crippen molar-refractivity contribution >= 4 is 35.3 Å². The van der Waals surface area contributed by atoms with E-state index in [0.717, 1.165) is 33.2 Å². The second-order valence-corrected chi connectivity index (χ2v) is 7.03. The quantitative estimate of drug-likeness (QED) is 0.572. The molecule has 2 aromatic heterocycles. The van der Waals surface area contributed by atoms with Gasteiger partial charge in [0.25, 0.3) is 0 Å². The van der Waals surface area contributed by atoms with Crippen LogP contribution < -0.4 is 10.0 Å². The van der Waals surface area contributed by atoms with Gasteiger partial charge in [-0.1, -0.05) is 12.1 Å². The van der Waals surface area contributed by atoms with Crippen molar-refractivity contribution in [1.29, 1.82) is 0 Å². The molecule has 0 aliphatic heterocycles. The van der Waals surface area contributed by atoms with E-state index in [2.05, 4.69) is 15.6 Å². The maximum atomic E-state index is 11.2. The van der Waals surface area contributed by atoms with Crippen LogP contribution in [0.1, 0.15) is 5.56 Å². The normalized spacial score (nSPS) is 12.6. The highest BCUT2D eigenvalue weighted by molar-refractivity contribution is 7.47. The van der Waals surface area contributed by atoms with Gasteiger partial charge in [0.05, 0.1) is 23.7 Å². The van der Waals surface area contributed by atoms with Crippen molar-refractivity contribution in [1.82, 2.24) is 9.55 Å². The maximum absolute atomic E-state index is 11.2. The molecule has 0 spiro atoms. The third-order valence-corrected chi connectivity index (χ3v) is 5.20. The molecule has 5 nitrogen and oxygen atoms in total. The van der Waals surface area contributed by atoms with Crippen molar-refractivity contribution < 1.29 is 14.2 Å². The second kappa shape index (κ2) is 6.36. The monoisotopic (exact) mass is 352 g/mol. The number of hydrogen-bond acceptors (Lipinski definition) is 3. The van der Waals surface area contributed by atoms with Gasteiger partial charge in [-0.05, 0) is 48.0 Å². The fraction of sp³-hybridized carbons (Fsp3) is 0.105. The first-order valence-electron chi connectivity index (χ1n) is 7.90. The molecule has 0 radical (unpaired) electrons. The molecule has 126 valence electrons. The Morgan fingerprint density at radius 1 is 1.12 bits per heavy atom. The first kappa shape index (κ1) is 15.9. The minimum atomic E-state index is -2.65. The number of hydrogen-bond donors (Lipinski definition) is 1. The largest absolute Gasteiger partial charge is 0.497 e. The second-order valence-electron chi connectivity index (χ2n) is 5.84. The van der Waals surface area contributed by atoms with Crippen molar-refractivity contribution in [2.45, 2.75) is 6.54 Å². The van der Waals surface area contributed by atoms with Crippen LogP contribution >= 0.6 is 8.03 Å². The molecule has 4 aromatic rings. The van der Waals surface area contributed by atoms with Gasteiger partial charge in [0.2, 0.25) is 8.03 Å². The smallest absolute Gasteiger partial charge is 0.218 e. The third-order valence-electron chi connectivity index (χ3n) is 4.37. The molecule has 1 unspecified atom stereocenters. The fourth-order valence-corrected chi connectivity index (χ4v) is 3.58. The Labute approximate surface area is 145 Å². The van der Waals surface area contributed by atoms with Gasteiger partial charge in [0, 0.05) is 23.4 Å². The molecule has 0 saturated carbocycles. The summed E-state index contributed by atoms with van der Waals surface area (Å²) in [5.74, 6) is 0.801. The summed E-state index contributed by atoms with van der Waals surface area (Å²) in [6, 6.07) is 17.2. The lowest BCUT2D eigenvalue weighted by atomic mass is 10.2. The van der Waals surface area contributed by atoms with Crippen molar-refractivity contribution in [3.05, 3.63) is 66.4 Å². The molecule has 1 N–H and O–H groups in total. The van der Waals surface area contributed by atoms with E-state index in [1.54, 1.807) is 25.4 Å². The van der Waals surface area contributed by atoms with E-state index in [0.29, 0.717) is 11.8 Å². The minimum absolute atomic E-state index is 0.474. The molecular formula is C19H17N2O3P. The van der Waals surface area contributed by atoms with Gasteiger partial charge >= 0.3 is 0 Å². The summed E-state index contributed by atoms with van der Waals surface area (Å²) in [4.78, 5) is 13.8. The van der Waals surface area contributed by atoms with Crippen molar-refractivity contribution in [3.63, 3.8) is 0 Å². The summed E-state index contributed by atoms with van der Waals surface area (Å²) in [6.07, 6.45) is 1.79. The topological polar surface area (TPSA) is 64.4 Å². The zero-order valence-corrected chi connectivity index (χ0v) is 14.6. The summed E-state index contributed by atoms with van der Waals surface area (Å²) < 4.78 is 18.7. The molecule has 2 heterocycles. The van der Waals surface area contributed by atoms with Crippen molar-refractivity contribution in [2.24, 2.45) is 0 Å². The predicted octanol–water partition coefficient (Wildman–Crippen LogP) is 3.34. The van der Waals surface area contributed by atoms with Gasteiger partial charge in [-0.3, -0.25) is 9.55 Å². The van der Waals surface area contributed by atoms with Crippen LogP contribution in [-0.2, 0) is 11.1 Å². The highest BCUT2D eigenvalue weighted by Crippen LogP contribution is 2.31. The molecule has 0 aliphatic rings. The molecule has 0 saturated heterocycles. The number of ether oxygens (including phenoxy) is 1. The molecule has 0 fully saturated rings. The molecule has 2 aromatic carbocycles. The minimum Gasteiger partial charge on any atom is -0.497 e. The van der Waals surface area contributed by atoms with Crippen LogP contribution in [0, 0.1) is 0 Å². The fourth-order valence-electron chi connectivity index (χ4n) is 3.12. The van der Waals surface area contributed by atoms with Gasteiger partial charge in [0.15, 0.2) is 0 Å². The summed E-state index contributed by atoms with van der Waals surface area (Å²) in [7, 11) is -0.992. The zero-order chi connectivity index (χ0) is 17.4. The van der Waals surface area contributed by atoms with E-state index in [1.807, 2.05) is 36.4 Å². The van der Waals surface area contributed by atoms with Gasteiger partial charge < -0.3 is 14.2 Å². The lowest BCUT2D eigenvalue weighted by molar-refractivity contribution is 0.415. The summed E-state index contributed by atoms with van der Waals surface area (Å²) in [5.41, 5.74) is 4.12. The molecule has 1 atom stereocenters. The van der Waals surface area contributed by atoms with Crippen LogP contribution in [-0.4, -0.2) is 21.6 Å². The van der Waals surface area contributed by atoms with Crippen LogP contribution in [0.2, 0.25) is 0 Å².